The average molecular weight is 799 g/mol. The summed E-state index contributed by atoms with van der Waals surface area (Å²) in [6, 6.07) is 12.9. The third-order valence-corrected chi connectivity index (χ3v) is 12.2. The minimum atomic E-state index is -0.710. The van der Waals surface area contributed by atoms with Crippen molar-refractivity contribution in [2.75, 3.05) is 20.8 Å². The average Bonchev–Trinajstić information content (AvgIpc) is 4.06. The molecule has 2 unspecified atom stereocenters. The maximum atomic E-state index is 13.9. The number of methoxy groups -OCH3 is 2. The van der Waals surface area contributed by atoms with Gasteiger partial charge in [0.2, 0.25) is 11.8 Å². The molecule has 0 spiro atoms. The van der Waals surface area contributed by atoms with E-state index in [1.807, 2.05) is 76.4 Å². The monoisotopic (exact) mass is 798 g/mol. The predicted molar refractivity (Wildman–Crippen MR) is 214 cm³/mol. The third kappa shape index (κ3) is 7.96. The fraction of sp³-hybridized carbons (Fsp3) is 0.476. The van der Waals surface area contributed by atoms with Crippen LogP contribution in [-0.4, -0.2) is 86.7 Å². The summed E-state index contributed by atoms with van der Waals surface area (Å²) in [6.07, 6.45) is 6.85. The van der Waals surface area contributed by atoms with Crippen molar-refractivity contribution in [1.29, 1.82) is 0 Å². The number of carbonyl (C=O) groups is 4. The summed E-state index contributed by atoms with van der Waals surface area (Å²) in [4.78, 5) is 69.7. The van der Waals surface area contributed by atoms with Crippen LogP contribution in [0.2, 0.25) is 5.02 Å². The maximum Gasteiger partial charge on any atom is 0.425 e. The number of likely N-dealkylation sites (tertiary alicyclic amines) is 1. The first-order valence-electron chi connectivity index (χ1n) is 19.7. The third-order valence-electron chi connectivity index (χ3n) is 11.9. The smallest absolute Gasteiger partial charge is 0.425 e. The molecule has 302 valence electrons. The highest BCUT2D eigenvalue weighted by Gasteiger charge is 2.54. The van der Waals surface area contributed by atoms with Gasteiger partial charge in [0.25, 0.3) is 0 Å². The van der Waals surface area contributed by atoms with E-state index in [1.165, 1.54) is 19.2 Å². The Morgan fingerprint density at radius 2 is 1.49 bits per heavy atom. The van der Waals surface area contributed by atoms with Crippen LogP contribution < -0.4 is 10.7 Å². The molecule has 3 fully saturated rings. The Balaban J connectivity index is 1.04. The Bertz CT molecular complexity index is 2110. The highest BCUT2D eigenvalue weighted by molar-refractivity contribution is 6.33. The van der Waals surface area contributed by atoms with Crippen LogP contribution in [0.5, 0.6) is 0 Å². The molecule has 2 bridgehead atoms. The Labute approximate surface area is 337 Å². The summed E-state index contributed by atoms with van der Waals surface area (Å²) in [5.41, 5.74) is 7.93. The number of hydrazine groups is 1. The van der Waals surface area contributed by atoms with Crippen LogP contribution in [0.15, 0.2) is 54.9 Å². The lowest BCUT2D eigenvalue weighted by molar-refractivity contribution is -0.143. The molecule has 2 aliphatic carbocycles. The number of rotatable bonds is 10. The van der Waals surface area contributed by atoms with Crippen molar-refractivity contribution in [2.45, 2.75) is 83.8 Å². The summed E-state index contributed by atoms with van der Waals surface area (Å²) in [5, 5.41) is 4.65. The van der Waals surface area contributed by atoms with Crippen LogP contribution in [0.3, 0.4) is 0 Å². The number of nitrogens with zero attached hydrogens (tertiary/aromatic N) is 4. The SMILES string of the molecule is COC(=O)N[C@H](C(=O)N1CCC[C@H]1c1ncc(-c2ccc(-c3ccc(-c4cnc([C@H]5C6CCC(C6)[C@@H]5C(=O)N(NC(=O)OC)C(C)C)[nH]4)cc3)cc2Cl)[nH]1)C(C)C. The molecule has 4 N–H and O–H groups in total. The number of alkyl carbamates (subject to hydrolysis) is 1. The topological polar surface area (TPSA) is 175 Å². The highest BCUT2D eigenvalue weighted by Crippen LogP contribution is 2.56. The van der Waals surface area contributed by atoms with Gasteiger partial charge in [-0.3, -0.25) is 9.59 Å². The standard InChI is InChI=1S/C42H51ClN8O6/c1-22(2)36(48-41(54)56-5)40(53)50-17-7-8-33(50)37-44-21-32(47-37)29-16-15-26(19-30(29)43)24-9-11-25(12-10-24)31-20-45-38(46-31)34-27-13-14-28(18-27)35(34)39(52)51(23(3)4)49-42(55)57-6/h9-12,15-16,19-23,27-28,33-36H,7-8,13-14,17-18H2,1-6H3,(H,44,47)(H,45,46)(H,48,54)(H,49,55)/t27?,28?,33-,34-,35-,36-/m0/s1. The summed E-state index contributed by atoms with van der Waals surface area (Å²) in [7, 11) is 2.57. The Morgan fingerprint density at radius 1 is 0.842 bits per heavy atom. The first kappa shape index (κ1) is 39.8. The second kappa shape index (κ2) is 16.6. The predicted octanol–water partition coefficient (Wildman–Crippen LogP) is 7.47. The molecule has 1 aliphatic heterocycles. The molecule has 6 atom stereocenters. The van der Waals surface area contributed by atoms with Crippen LogP contribution in [0.4, 0.5) is 9.59 Å². The molecule has 3 heterocycles. The summed E-state index contributed by atoms with van der Waals surface area (Å²) >= 11 is 6.89. The molecule has 3 aliphatic rings. The van der Waals surface area contributed by atoms with Gasteiger partial charge in [0.15, 0.2) is 0 Å². The van der Waals surface area contributed by atoms with E-state index in [2.05, 4.69) is 25.7 Å². The van der Waals surface area contributed by atoms with Crippen molar-refractivity contribution in [1.82, 2.24) is 40.6 Å². The molecule has 2 aromatic heterocycles. The van der Waals surface area contributed by atoms with Crippen molar-refractivity contribution in [2.24, 2.45) is 23.7 Å². The Morgan fingerprint density at radius 3 is 2.18 bits per heavy atom. The minimum absolute atomic E-state index is 0.0660. The fourth-order valence-corrected chi connectivity index (χ4v) is 9.31. The van der Waals surface area contributed by atoms with Crippen molar-refractivity contribution >= 4 is 35.6 Å². The lowest BCUT2D eigenvalue weighted by atomic mass is 9.78. The molecule has 15 heteroatoms. The number of halogens is 1. The molecular formula is C42H51ClN8O6. The Kier molecular flexibility index (Phi) is 11.6. The van der Waals surface area contributed by atoms with E-state index in [-0.39, 0.29) is 47.6 Å². The number of hydrogen-bond acceptors (Lipinski definition) is 8. The van der Waals surface area contributed by atoms with Gasteiger partial charge in [-0.1, -0.05) is 61.8 Å². The molecule has 1 saturated heterocycles. The summed E-state index contributed by atoms with van der Waals surface area (Å²) < 4.78 is 9.54. The number of ether oxygens (including phenoxy) is 2. The second-order valence-corrected chi connectivity index (χ2v) is 16.4. The van der Waals surface area contributed by atoms with Crippen molar-refractivity contribution in [3.8, 4) is 33.6 Å². The zero-order valence-electron chi connectivity index (χ0n) is 33.2. The van der Waals surface area contributed by atoms with Crippen molar-refractivity contribution < 1.29 is 28.7 Å². The number of benzene rings is 2. The maximum absolute atomic E-state index is 13.9. The molecule has 4 amide bonds. The number of amides is 4. The van der Waals surface area contributed by atoms with E-state index in [4.69, 9.17) is 26.1 Å². The van der Waals surface area contributed by atoms with Crippen LogP contribution >= 0.6 is 11.6 Å². The summed E-state index contributed by atoms with van der Waals surface area (Å²) in [6.45, 7) is 8.09. The van der Waals surface area contributed by atoms with Gasteiger partial charge in [-0.2, -0.15) is 0 Å². The zero-order chi connectivity index (χ0) is 40.5. The van der Waals surface area contributed by atoms with Crippen molar-refractivity contribution in [3.63, 3.8) is 0 Å². The number of nitrogens with one attached hydrogen (secondary N) is 4. The molecule has 2 aromatic carbocycles. The largest absolute Gasteiger partial charge is 0.453 e. The molecule has 57 heavy (non-hydrogen) atoms. The van der Waals surface area contributed by atoms with Crippen LogP contribution in [-0.2, 0) is 19.1 Å². The first-order valence-corrected chi connectivity index (χ1v) is 20.1. The van der Waals surface area contributed by atoms with Crippen LogP contribution in [0.1, 0.15) is 83.4 Å². The van der Waals surface area contributed by atoms with Crippen LogP contribution in [0.25, 0.3) is 33.6 Å². The lowest BCUT2D eigenvalue weighted by Crippen LogP contribution is -2.53. The number of aromatic amines is 2. The minimum Gasteiger partial charge on any atom is -0.453 e. The van der Waals surface area contributed by atoms with Gasteiger partial charge >= 0.3 is 12.2 Å². The zero-order valence-corrected chi connectivity index (χ0v) is 33.9. The van der Waals surface area contributed by atoms with Gasteiger partial charge in [0.1, 0.15) is 17.7 Å². The van der Waals surface area contributed by atoms with E-state index >= 15 is 0 Å². The van der Waals surface area contributed by atoms with E-state index < -0.39 is 18.2 Å². The number of hydrogen-bond donors (Lipinski definition) is 4. The van der Waals surface area contributed by atoms with E-state index in [1.54, 1.807) is 11.1 Å². The normalized spacial score (nSPS) is 21.8. The molecule has 0 radical (unpaired) electrons. The highest BCUT2D eigenvalue weighted by atomic mass is 35.5. The van der Waals surface area contributed by atoms with Crippen molar-refractivity contribution in [3.05, 3.63) is 71.5 Å². The van der Waals surface area contributed by atoms with Gasteiger partial charge in [-0.15, -0.1) is 0 Å². The van der Waals surface area contributed by atoms with E-state index in [0.717, 1.165) is 71.6 Å². The van der Waals surface area contributed by atoms with E-state index in [9.17, 15) is 19.2 Å². The Hall–Kier alpha value is -5.37. The van der Waals surface area contributed by atoms with Gasteiger partial charge in [-0.05, 0) is 86.5 Å². The van der Waals surface area contributed by atoms with E-state index in [0.29, 0.717) is 23.3 Å². The lowest BCUT2D eigenvalue weighted by Gasteiger charge is -2.35. The molecule has 14 nitrogen and oxygen atoms in total. The number of carbonyl (C=O) groups excluding carboxylic acids is 4. The van der Waals surface area contributed by atoms with Gasteiger partial charge in [0.05, 0.1) is 55.0 Å². The summed E-state index contributed by atoms with van der Waals surface area (Å²) in [5.74, 6) is 1.31. The number of H-pyrrole nitrogens is 2. The van der Waals surface area contributed by atoms with Crippen LogP contribution in [0, 0.1) is 23.7 Å². The van der Waals surface area contributed by atoms with Gasteiger partial charge in [-0.25, -0.2) is 30.0 Å². The molecule has 2 saturated carbocycles. The number of imidazole rings is 2. The molecule has 7 rings (SSSR count). The number of fused-ring (bicyclic) bond motifs is 2. The fourth-order valence-electron chi connectivity index (χ4n) is 9.03. The van der Waals surface area contributed by atoms with Gasteiger partial charge in [0, 0.05) is 24.1 Å². The quantitative estimate of drug-likeness (QED) is 0.120. The second-order valence-electron chi connectivity index (χ2n) is 16.0. The molecule has 4 aromatic rings. The number of aromatic nitrogens is 4. The molecular weight excluding hydrogens is 748 g/mol. The first-order chi connectivity index (χ1) is 27.4. The van der Waals surface area contributed by atoms with Gasteiger partial charge < -0.3 is 29.7 Å².